The predicted octanol–water partition coefficient (Wildman–Crippen LogP) is 5.52. The summed E-state index contributed by atoms with van der Waals surface area (Å²) in [6.07, 6.45) is 5.61. The van der Waals surface area contributed by atoms with Gasteiger partial charge in [-0.1, -0.05) is 28.9 Å². The molecule has 0 aliphatic heterocycles. The lowest BCUT2D eigenvalue weighted by Gasteiger charge is -2.15. The van der Waals surface area contributed by atoms with Crippen molar-refractivity contribution in [2.75, 3.05) is 13.2 Å². The third-order valence-electron chi connectivity index (χ3n) is 4.78. The number of hydrogen-bond acceptors (Lipinski definition) is 5. The molecule has 0 spiro atoms. The molecule has 3 rings (SSSR count). The molecule has 0 saturated carbocycles. The Morgan fingerprint density at radius 2 is 1.94 bits per heavy atom. The number of ether oxygens (including phenoxy) is 2. The Hall–Kier alpha value is -2.93. The topological polar surface area (TPSA) is 65.7 Å². The first-order chi connectivity index (χ1) is 15.5. The van der Waals surface area contributed by atoms with Crippen molar-refractivity contribution in [3.8, 4) is 11.5 Å². The maximum absolute atomic E-state index is 13.2. The summed E-state index contributed by atoms with van der Waals surface area (Å²) in [6.45, 7) is 10.8. The molecule has 1 heterocycles. The van der Waals surface area contributed by atoms with Crippen LogP contribution in [-0.2, 0) is 12.8 Å². The summed E-state index contributed by atoms with van der Waals surface area (Å²) in [7, 11) is 0. The van der Waals surface area contributed by atoms with E-state index >= 15 is 0 Å². The Morgan fingerprint density at radius 3 is 2.62 bits per heavy atom. The molecule has 7 heteroatoms. The highest BCUT2D eigenvalue weighted by Crippen LogP contribution is 2.33. The predicted molar refractivity (Wildman–Crippen MR) is 133 cm³/mol. The van der Waals surface area contributed by atoms with E-state index < -0.39 is 0 Å². The van der Waals surface area contributed by atoms with Crippen LogP contribution in [0, 0.1) is 0 Å². The average molecular weight is 498 g/mol. The van der Waals surface area contributed by atoms with Gasteiger partial charge in [-0.3, -0.25) is 4.79 Å². The molecule has 0 unspecified atom stereocenters. The fraction of sp³-hybridized carbons (Fsp3) is 0.320. The number of fused-ring (bicyclic) bond motifs is 1. The minimum atomic E-state index is -0.196. The number of allylic oxidation sites excluding steroid dienone is 1. The molecule has 2 aromatic carbocycles. The molecule has 0 radical (unpaired) electrons. The number of aromatic nitrogens is 2. The second-order valence-electron chi connectivity index (χ2n) is 7.17. The lowest BCUT2D eigenvalue weighted by molar-refractivity contribution is 0.285. The standard InChI is InChI=1S/C25H28BrN3O3/c1-5-9-18-13-17(14-22(31-7-3)24(18)32-8-4)16-27-29-23(10-6-2)28-21-12-11-19(26)15-20(21)25(29)30/h5,11-16H,1,6-10H2,2-4H3. The van der Waals surface area contributed by atoms with Crippen molar-refractivity contribution < 1.29 is 9.47 Å². The van der Waals surface area contributed by atoms with Gasteiger partial charge in [-0.05, 0) is 62.6 Å². The van der Waals surface area contributed by atoms with Crippen LogP contribution in [0.4, 0.5) is 0 Å². The van der Waals surface area contributed by atoms with Crippen molar-refractivity contribution in [3.05, 3.63) is 74.8 Å². The average Bonchev–Trinajstić information content (AvgIpc) is 2.77. The maximum Gasteiger partial charge on any atom is 0.282 e. The van der Waals surface area contributed by atoms with Gasteiger partial charge in [0.25, 0.3) is 5.56 Å². The van der Waals surface area contributed by atoms with Gasteiger partial charge in [-0.25, -0.2) is 4.98 Å². The van der Waals surface area contributed by atoms with E-state index in [2.05, 4.69) is 32.6 Å². The molecule has 1 aromatic heterocycles. The van der Waals surface area contributed by atoms with Crippen LogP contribution in [0.15, 0.2) is 57.4 Å². The van der Waals surface area contributed by atoms with E-state index in [0.29, 0.717) is 54.3 Å². The fourth-order valence-electron chi connectivity index (χ4n) is 3.46. The number of benzene rings is 2. The molecule has 0 atom stereocenters. The highest BCUT2D eigenvalue weighted by molar-refractivity contribution is 9.10. The van der Waals surface area contributed by atoms with E-state index in [1.54, 1.807) is 12.3 Å². The lowest BCUT2D eigenvalue weighted by Crippen LogP contribution is -2.22. The molecule has 0 bridgehead atoms. The molecule has 0 amide bonds. The summed E-state index contributed by atoms with van der Waals surface area (Å²) >= 11 is 3.43. The molecule has 0 aliphatic rings. The summed E-state index contributed by atoms with van der Waals surface area (Å²) in [4.78, 5) is 17.9. The number of hydrogen-bond donors (Lipinski definition) is 0. The van der Waals surface area contributed by atoms with Gasteiger partial charge in [0.15, 0.2) is 11.5 Å². The number of aryl methyl sites for hydroxylation is 1. The highest BCUT2D eigenvalue weighted by atomic mass is 79.9. The third kappa shape index (κ3) is 5.27. The Morgan fingerprint density at radius 1 is 1.16 bits per heavy atom. The Kier molecular flexibility index (Phi) is 8.22. The van der Waals surface area contributed by atoms with Crippen molar-refractivity contribution in [1.29, 1.82) is 0 Å². The molecular formula is C25H28BrN3O3. The molecule has 168 valence electrons. The summed E-state index contributed by atoms with van der Waals surface area (Å²) in [6, 6.07) is 9.36. The van der Waals surface area contributed by atoms with Gasteiger partial charge in [-0.2, -0.15) is 9.78 Å². The van der Waals surface area contributed by atoms with Gasteiger partial charge in [0.05, 0.1) is 30.3 Å². The second kappa shape index (κ2) is 11.1. The van der Waals surface area contributed by atoms with Crippen LogP contribution in [0.5, 0.6) is 11.5 Å². The van der Waals surface area contributed by atoms with E-state index in [1.807, 2.05) is 51.1 Å². The highest BCUT2D eigenvalue weighted by Gasteiger charge is 2.14. The van der Waals surface area contributed by atoms with Crippen molar-refractivity contribution in [2.24, 2.45) is 5.10 Å². The van der Waals surface area contributed by atoms with Crippen LogP contribution in [0.3, 0.4) is 0 Å². The molecule has 3 aromatic rings. The summed E-state index contributed by atoms with van der Waals surface area (Å²) in [5, 5.41) is 5.05. The van der Waals surface area contributed by atoms with Gasteiger partial charge in [0, 0.05) is 16.5 Å². The third-order valence-corrected chi connectivity index (χ3v) is 5.27. The lowest BCUT2D eigenvalue weighted by atomic mass is 10.1. The SMILES string of the molecule is C=CCc1cc(C=Nn2c(CCC)nc3ccc(Br)cc3c2=O)cc(OCC)c1OCC. The zero-order valence-electron chi connectivity index (χ0n) is 18.7. The van der Waals surface area contributed by atoms with Gasteiger partial charge in [0.2, 0.25) is 0 Å². The zero-order chi connectivity index (χ0) is 23.1. The quantitative estimate of drug-likeness (QED) is 0.273. The van der Waals surface area contributed by atoms with Crippen LogP contribution in [0.2, 0.25) is 0 Å². The van der Waals surface area contributed by atoms with Crippen LogP contribution in [0.1, 0.15) is 44.1 Å². The van der Waals surface area contributed by atoms with Crippen LogP contribution >= 0.6 is 15.9 Å². The summed E-state index contributed by atoms with van der Waals surface area (Å²) < 4.78 is 13.9. The summed E-state index contributed by atoms with van der Waals surface area (Å²) in [5.74, 6) is 2.00. The van der Waals surface area contributed by atoms with E-state index in [1.165, 1.54) is 4.68 Å². The minimum Gasteiger partial charge on any atom is -0.490 e. The van der Waals surface area contributed by atoms with Crippen molar-refractivity contribution in [3.63, 3.8) is 0 Å². The Labute approximate surface area is 196 Å². The van der Waals surface area contributed by atoms with Gasteiger partial charge in [0.1, 0.15) is 5.82 Å². The van der Waals surface area contributed by atoms with E-state index in [0.717, 1.165) is 22.0 Å². The van der Waals surface area contributed by atoms with Crippen LogP contribution in [-0.4, -0.2) is 29.1 Å². The number of halogens is 1. The van der Waals surface area contributed by atoms with Crippen LogP contribution in [0.25, 0.3) is 10.9 Å². The van der Waals surface area contributed by atoms with Crippen molar-refractivity contribution in [2.45, 2.75) is 40.0 Å². The van der Waals surface area contributed by atoms with Gasteiger partial charge < -0.3 is 9.47 Å². The van der Waals surface area contributed by atoms with E-state index in [9.17, 15) is 4.79 Å². The van der Waals surface area contributed by atoms with Crippen LogP contribution < -0.4 is 15.0 Å². The molecule has 0 saturated heterocycles. The molecule has 32 heavy (non-hydrogen) atoms. The first-order valence-corrected chi connectivity index (χ1v) is 11.6. The first kappa shape index (κ1) is 23.7. The molecular weight excluding hydrogens is 470 g/mol. The largest absolute Gasteiger partial charge is 0.490 e. The van der Waals surface area contributed by atoms with Crippen molar-refractivity contribution >= 4 is 33.0 Å². The summed E-state index contributed by atoms with van der Waals surface area (Å²) in [5.41, 5.74) is 2.23. The number of nitrogens with zero attached hydrogens (tertiary/aromatic N) is 3. The molecule has 0 N–H and O–H groups in total. The van der Waals surface area contributed by atoms with Crippen molar-refractivity contribution in [1.82, 2.24) is 9.66 Å². The maximum atomic E-state index is 13.2. The smallest absolute Gasteiger partial charge is 0.282 e. The normalized spacial score (nSPS) is 11.2. The Bertz CT molecular complexity index is 1200. The fourth-order valence-corrected chi connectivity index (χ4v) is 3.82. The van der Waals surface area contributed by atoms with E-state index in [-0.39, 0.29) is 5.56 Å². The first-order valence-electron chi connectivity index (χ1n) is 10.8. The molecule has 6 nitrogen and oxygen atoms in total. The molecule has 0 fully saturated rings. The number of rotatable bonds is 10. The van der Waals surface area contributed by atoms with Gasteiger partial charge in [-0.15, -0.1) is 6.58 Å². The zero-order valence-corrected chi connectivity index (χ0v) is 20.3. The molecule has 0 aliphatic carbocycles. The minimum absolute atomic E-state index is 0.196. The van der Waals surface area contributed by atoms with E-state index in [4.69, 9.17) is 9.47 Å². The Balaban J connectivity index is 2.13. The second-order valence-corrected chi connectivity index (χ2v) is 8.08. The van der Waals surface area contributed by atoms with Gasteiger partial charge >= 0.3 is 0 Å². The monoisotopic (exact) mass is 497 g/mol.